The van der Waals surface area contributed by atoms with E-state index in [9.17, 15) is 14.4 Å². The molecule has 0 aromatic heterocycles. The Morgan fingerprint density at radius 1 is 1.03 bits per heavy atom. The molecule has 0 spiro atoms. The molecule has 1 aliphatic heterocycles. The van der Waals surface area contributed by atoms with Crippen molar-refractivity contribution in [3.05, 3.63) is 35.9 Å². The summed E-state index contributed by atoms with van der Waals surface area (Å²) in [5, 5.41) is 8.56. The third kappa shape index (κ3) is 6.76. The van der Waals surface area contributed by atoms with Crippen molar-refractivity contribution < 1.29 is 29.0 Å². The van der Waals surface area contributed by atoms with Gasteiger partial charge in [0.25, 0.3) is 0 Å². The molecule has 1 heterocycles. The lowest BCUT2D eigenvalue weighted by molar-refractivity contribution is -0.147. The second kappa shape index (κ2) is 10.3. The molecule has 7 heteroatoms. The van der Waals surface area contributed by atoms with Gasteiger partial charge in [0.15, 0.2) is 0 Å². The van der Waals surface area contributed by atoms with Crippen LogP contribution in [0, 0.1) is 17.8 Å². The van der Waals surface area contributed by atoms with Crippen LogP contribution >= 0.6 is 0 Å². The van der Waals surface area contributed by atoms with E-state index in [-0.39, 0.29) is 18.9 Å². The molecular formula is C22H29NO6. The van der Waals surface area contributed by atoms with Gasteiger partial charge >= 0.3 is 18.0 Å². The summed E-state index contributed by atoms with van der Waals surface area (Å²) in [5.41, 5.74) is 0.986. The number of aliphatic carboxylic acids is 1. The molecule has 1 aliphatic carbocycles. The second-order valence-corrected chi connectivity index (χ2v) is 7.93. The molecule has 1 aromatic rings. The zero-order valence-corrected chi connectivity index (χ0v) is 16.6. The maximum atomic E-state index is 12.2. The molecular weight excluding hydrogens is 374 g/mol. The highest BCUT2D eigenvalue weighted by Crippen LogP contribution is 2.49. The summed E-state index contributed by atoms with van der Waals surface area (Å²) in [6.45, 7) is 2.12. The number of nitrogens with zero attached hydrogens (tertiary/aromatic N) is 1. The summed E-state index contributed by atoms with van der Waals surface area (Å²) in [4.78, 5) is 35.9. The molecule has 0 bridgehead atoms. The van der Waals surface area contributed by atoms with Crippen LogP contribution in [0.2, 0.25) is 0 Å². The first kappa shape index (κ1) is 21.1. The van der Waals surface area contributed by atoms with Crippen LogP contribution in [0.3, 0.4) is 0 Å². The fraction of sp³-hybridized carbons (Fsp3) is 0.591. The van der Waals surface area contributed by atoms with Crippen LogP contribution < -0.4 is 0 Å². The van der Waals surface area contributed by atoms with E-state index in [1.807, 2.05) is 30.3 Å². The monoisotopic (exact) mass is 403 g/mol. The highest BCUT2D eigenvalue weighted by molar-refractivity contribution is 5.76. The van der Waals surface area contributed by atoms with Crippen LogP contribution in [0.4, 0.5) is 4.79 Å². The predicted molar refractivity (Wildman–Crippen MR) is 105 cm³/mol. The molecule has 1 aromatic carbocycles. The molecule has 3 rings (SSSR count). The minimum atomic E-state index is -0.987. The number of carboxylic acids is 1. The lowest BCUT2D eigenvalue weighted by Gasteiger charge is -2.31. The molecule has 1 saturated carbocycles. The average molecular weight is 403 g/mol. The van der Waals surface area contributed by atoms with Crippen molar-refractivity contribution in [1.29, 1.82) is 0 Å². The molecule has 2 atom stereocenters. The van der Waals surface area contributed by atoms with Crippen LogP contribution in [0.5, 0.6) is 0 Å². The Hall–Kier alpha value is -2.57. The molecule has 1 N–H and O–H groups in total. The number of rotatable bonds is 9. The standard InChI is InChI=1S/C22H29NO6/c24-20(25)6-7-21(26)28-13-10-18-14-19(18)17-8-11-23(12-9-17)22(27)29-15-16-4-2-1-3-5-16/h1-5,17-19H,6-15H2,(H,24,25)/t18-,19-/m1/s1. The minimum Gasteiger partial charge on any atom is -0.481 e. The van der Waals surface area contributed by atoms with Gasteiger partial charge in [-0.3, -0.25) is 9.59 Å². The number of amides is 1. The van der Waals surface area contributed by atoms with Crippen LogP contribution in [-0.2, 0) is 25.7 Å². The first-order valence-electron chi connectivity index (χ1n) is 10.4. The van der Waals surface area contributed by atoms with Crippen molar-refractivity contribution >= 4 is 18.0 Å². The van der Waals surface area contributed by atoms with Crippen molar-refractivity contribution in [3.63, 3.8) is 0 Å². The maximum Gasteiger partial charge on any atom is 0.410 e. The van der Waals surface area contributed by atoms with Gasteiger partial charge in [-0.2, -0.15) is 0 Å². The SMILES string of the molecule is O=C(O)CCC(=O)OCC[C@@H]1C[C@@H]1C1CCN(C(=O)OCc2ccccc2)CC1. The van der Waals surface area contributed by atoms with E-state index in [2.05, 4.69) is 0 Å². The minimum absolute atomic E-state index is 0.0672. The van der Waals surface area contributed by atoms with Gasteiger partial charge in [-0.15, -0.1) is 0 Å². The quantitative estimate of drug-likeness (QED) is 0.635. The first-order valence-corrected chi connectivity index (χ1v) is 10.4. The van der Waals surface area contributed by atoms with E-state index >= 15 is 0 Å². The Bertz CT molecular complexity index is 699. The van der Waals surface area contributed by atoms with Crippen LogP contribution in [0.25, 0.3) is 0 Å². The molecule has 29 heavy (non-hydrogen) atoms. The lowest BCUT2D eigenvalue weighted by atomic mass is 9.91. The van der Waals surface area contributed by atoms with Crippen LogP contribution in [0.1, 0.15) is 44.1 Å². The molecule has 0 unspecified atom stereocenters. The second-order valence-electron chi connectivity index (χ2n) is 7.93. The zero-order chi connectivity index (χ0) is 20.6. The van der Waals surface area contributed by atoms with Crippen molar-refractivity contribution in [2.75, 3.05) is 19.7 Å². The smallest absolute Gasteiger partial charge is 0.410 e. The number of carbonyl (C=O) groups excluding carboxylic acids is 2. The van der Waals surface area contributed by atoms with Crippen molar-refractivity contribution in [2.24, 2.45) is 17.8 Å². The Labute approximate surface area is 171 Å². The number of hydrogen-bond acceptors (Lipinski definition) is 5. The van der Waals surface area contributed by atoms with Gasteiger partial charge in [0, 0.05) is 13.1 Å². The number of carbonyl (C=O) groups is 3. The average Bonchev–Trinajstić information content (AvgIpc) is 3.51. The maximum absolute atomic E-state index is 12.2. The molecule has 0 radical (unpaired) electrons. The van der Waals surface area contributed by atoms with Gasteiger partial charge in [0.2, 0.25) is 0 Å². The van der Waals surface area contributed by atoms with E-state index < -0.39 is 11.9 Å². The number of hydrogen-bond donors (Lipinski definition) is 1. The summed E-state index contributed by atoms with van der Waals surface area (Å²) in [7, 11) is 0. The van der Waals surface area contributed by atoms with E-state index in [0.29, 0.717) is 31.0 Å². The Morgan fingerprint density at radius 2 is 1.76 bits per heavy atom. The van der Waals surface area contributed by atoms with Crippen molar-refractivity contribution in [3.8, 4) is 0 Å². The van der Waals surface area contributed by atoms with Gasteiger partial charge in [0.1, 0.15) is 6.61 Å². The summed E-state index contributed by atoms with van der Waals surface area (Å²) >= 11 is 0. The van der Waals surface area contributed by atoms with Crippen LogP contribution in [0.15, 0.2) is 30.3 Å². The van der Waals surface area contributed by atoms with Gasteiger partial charge in [-0.25, -0.2) is 4.79 Å². The van der Waals surface area contributed by atoms with Crippen LogP contribution in [-0.4, -0.2) is 47.7 Å². The Kier molecular flexibility index (Phi) is 7.49. The number of likely N-dealkylation sites (tertiary alicyclic amines) is 1. The van der Waals surface area contributed by atoms with E-state index in [4.69, 9.17) is 14.6 Å². The van der Waals surface area contributed by atoms with Gasteiger partial charge in [0.05, 0.1) is 19.4 Å². The van der Waals surface area contributed by atoms with E-state index in [1.165, 1.54) is 0 Å². The first-order chi connectivity index (χ1) is 14.0. The van der Waals surface area contributed by atoms with Crippen molar-refractivity contribution in [2.45, 2.75) is 45.1 Å². The highest BCUT2D eigenvalue weighted by Gasteiger charge is 2.43. The fourth-order valence-electron chi connectivity index (χ4n) is 4.11. The van der Waals surface area contributed by atoms with E-state index in [0.717, 1.165) is 44.3 Å². The molecule has 1 saturated heterocycles. The molecule has 1 amide bonds. The number of carboxylic acid groups (broad SMARTS) is 1. The Morgan fingerprint density at radius 3 is 2.45 bits per heavy atom. The molecule has 7 nitrogen and oxygen atoms in total. The molecule has 158 valence electrons. The number of piperidine rings is 1. The summed E-state index contributed by atoms with van der Waals surface area (Å²) < 4.78 is 10.5. The number of ether oxygens (including phenoxy) is 2. The third-order valence-electron chi connectivity index (χ3n) is 5.88. The lowest BCUT2D eigenvalue weighted by Crippen LogP contribution is -2.39. The Balaban J connectivity index is 1.28. The number of benzene rings is 1. The largest absolute Gasteiger partial charge is 0.481 e. The topological polar surface area (TPSA) is 93.1 Å². The molecule has 2 fully saturated rings. The predicted octanol–water partition coefficient (Wildman–Crippen LogP) is 3.47. The van der Waals surface area contributed by atoms with Gasteiger partial charge in [-0.1, -0.05) is 30.3 Å². The van der Waals surface area contributed by atoms with Gasteiger partial charge < -0.3 is 19.5 Å². The highest BCUT2D eigenvalue weighted by atomic mass is 16.6. The van der Waals surface area contributed by atoms with E-state index in [1.54, 1.807) is 4.90 Å². The van der Waals surface area contributed by atoms with Gasteiger partial charge in [-0.05, 0) is 49.0 Å². The fourth-order valence-corrected chi connectivity index (χ4v) is 4.11. The zero-order valence-electron chi connectivity index (χ0n) is 16.6. The summed E-state index contributed by atoms with van der Waals surface area (Å²) in [6, 6.07) is 9.67. The number of esters is 1. The molecule has 2 aliphatic rings. The summed E-state index contributed by atoms with van der Waals surface area (Å²) in [6.07, 6.45) is 3.46. The van der Waals surface area contributed by atoms with Crippen molar-refractivity contribution in [1.82, 2.24) is 4.90 Å². The third-order valence-corrected chi connectivity index (χ3v) is 5.88. The normalized spacial score (nSPS) is 21.4. The summed E-state index contributed by atoms with van der Waals surface area (Å²) in [5.74, 6) is 0.409.